The summed E-state index contributed by atoms with van der Waals surface area (Å²) in [4.78, 5) is 4.74. The summed E-state index contributed by atoms with van der Waals surface area (Å²) in [5.74, 6) is 0. The smallest absolute Gasteiger partial charge is 0.0558 e. The summed E-state index contributed by atoms with van der Waals surface area (Å²) in [6, 6.07) is 0. The number of β-amino-alcohol motifs (C(OH)–C–C–N with tert-alkyl or cyclic N) is 1. The van der Waals surface area contributed by atoms with Crippen LogP contribution >= 0.6 is 0 Å². The molecule has 1 rings (SSSR count). The first-order chi connectivity index (χ1) is 5.83. The highest BCUT2D eigenvalue weighted by molar-refractivity contribution is 4.64. The molecule has 3 nitrogen and oxygen atoms in total. The third-order valence-corrected chi connectivity index (χ3v) is 2.44. The van der Waals surface area contributed by atoms with Crippen molar-refractivity contribution in [1.29, 1.82) is 0 Å². The van der Waals surface area contributed by atoms with Gasteiger partial charge in [-0.15, -0.1) is 0 Å². The number of nitrogens with zero attached hydrogens (tertiary/aromatic N) is 2. The lowest BCUT2D eigenvalue weighted by molar-refractivity contribution is 0.164. The third-order valence-electron chi connectivity index (χ3n) is 2.44. The SMILES string of the molecule is CN1CCCN(CCO)CCC1. The van der Waals surface area contributed by atoms with Crippen LogP contribution in [0, 0.1) is 0 Å². The molecule has 0 saturated carbocycles. The van der Waals surface area contributed by atoms with Crippen molar-refractivity contribution in [3.05, 3.63) is 0 Å². The van der Waals surface area contributed by atoms with Gasteiger partial charge in [0.15, 0.2) is 0 Å². The molecule has 12 heavy (non-hydrogen) atoms. The van der Waals surface area contributed by atoms with Crippen molar-refractivity contribution in [3.8, 4) is 0 Å². The topological polar surface area (TPSA) is 26.7 Å². The Morgan fingerprint density at radius 1 is 1.08 bits per heavy atom. The molecule has 1 fully saturated rings. The molecule has 0 atom stereocenters. The maximum atomic E-state index is 8.78. The highest BCUT2D eigenvalue weighted by Gasteiger charge is 2.08. The predicted molar refractivity (Wildman–Crippen MR) is 50.3 cm³/mol. The molecule has 0 amide bonds. The van der Waals surface area contributed by atoms with Crippen LogP contribution in [0.3, 0.4) is 0 Å². The van der Waals surface area contributed by atoms with E-state index < -0.39 is 0 Å². The molecule has 1 aliphatic rings. The molecule has 0 bridgehead atoms. The summed E-state index contributed by atoms with van der Waals surface area (Å²) in [7, 11) is 2.18. The Bertz CT molecular complexity index is 109. The lowest BCUT2D eigenvalue weighted by Gasteiger charge is -2.27. The van der Waals surface area contributed by atoms with E-state index in [1.807, 2.05) is 0 Å². The molecule has 0 aromatic rings. The van der Waals surface area contributed by atoms with E-state index in [2.05, 4.69) is 16.8 Å². The minimum atomic E-state index is 0.301. The Morgan fingerprint density at radius 2 is 1.67 bits per heavy atom. The van der Waals surface area contributed by atoms with Crippen LogP contribution in [0.25, 0.3) is 0 Å². The second kappa shape index (κ2) is 5.51. The Morgan fingerprint density at radius 3 is 2.17 bits per heavy atom. The second-order valence-corrected chi connectivity index (χ2v) is 3.58. The van der Waals surface area contributed by atoms with E-state index in [1.165, 1.54) is 25.9 Å². The summed E-state index contributed by atoms with van der Waals surface area (Å²) < 4.78 is 0. The van der Waals surface area contributed by atoms with Crippen molar-refractivity contribution in [2.24, 2.45) is 0 Å². The molecule has 0 radical (unpaired) electrons. The number of rotatable bonds is 2. The highest BCUT2D eigenvalue weighted by atomic mass is 16.3. The summed E-state index contributed by atoms with van der Waals surface area (Å²) in [5, 5.41) is 8.78. The zero-order valence-electron chi connectivity index (χ0n) is 8.00. The molecule has 0 spiro atoms. The van der Waals surface area contributed by atoms with Gasteiger partial charge >= 0.3 is 0 Å². The maximum absolute atomic E-state index is 8.78. The van der Waals surface area contributed by atoms with Gasteiger partial charge in [0.1, 0.15) is 0 Å². The zero-order valence-corrected chi connectivity index (χ0v) is 8.00. The van der Waals surface area contributed by atoms with Gasteiger partial charge in [0, 0.05) is 6.54 Å². The van der Waals surface area contributed by atoms with Gasteiger partial charge in [0.25, 0.3) is 0 Å². The van der Waals surface area contributed by atoms with Crippen LogP contribution in [0.15, 0.2) is 0 Å². The molecule has 3 heteroatoms. The van der Waals surface area contributed by atoms with Crippen molar-refractivity contribution in [2.45, 2.75) is 12.8 Å². The Balaban J connectivity index is 2.20. The summed E-state index contributed by atoms with van der Waals surface area (Å²) in [5.41, 5.74) is 0. The molecule has 1 heterocycles. The van der Waals surface area contributed by atoms with E-state index in [4.69, 9.17) is 5.11 Å². The first kappa shape index (κ1) is 9.96. The molecular weight excluding hydrogens is 152 g/mol. The van der Waals surface area contributed by atoms with Crippen molar-refractivity contribution < 1.29 is 5.11 Å². The van der Waals surface area contributed by atoms with E-state index in [0.717, 1.165) is 19.6 Å². The van der Waals surface area contributed by atoms with Crippen molar-refractivity contribution in [1.82, 2.24) is 9.80 Å². The largest absolute Gasteiger partial charge is 0.395 e. The maximum Gasteiger partial charge on any atom is 0.0558 e. The second-order valence-electron chi connectivity index (χ2n) is 3.58. The lowest BCUT2D eigenvalue weighted by atomic mass is 10.2. The minimum Gasteiger partial charge on any atom is -0.395 e. The van der Waals surface area contributed by atoms with E-state index in [0.29, 0.717) is 6.61 Å². The highest BCUT2D eigenvalue weighted by Crippen LogP contribution is 2.01. The zero-order chi connectivity index (χ0) is 8.81. The van der Waals surface area contributed by atoms with Gasteiger partial charge in [-0.1, -0.05) is 0 Å². The normalized spacial score (nSPS) is 23.5. The van der Waals surface area contributed by atoms with E-state index in [1.54, 1.807) is 0 Å². The Labute approximate surface area is 75.0 Å². The number of aliphatic hydroxyl groups is 1. The van der Waals surface area contributed by atoms with Crippen molar-refractivity contribution in [3.63, 3.8) is 0 Å². The molecule has 0 aromatic heterocycles. The van der Waals surface area contributed by atoms with Crippen LogP contribution in [-0.2, 0) is 0 Å². The van der Waals surface area contributed by atoms with Crippen LogP contribution in [-0.4, -0.2) is 61.3 Å². The van der Waals surface area contributed by atoms with Crippen molar-refractivity contribution >= 4 is 0 Å². The first-order valence-corrected chi connectivity index (χ1v) is 4.84. The number of hydrogen-bond acceptors (Lipinski definition) is 3. The molecule has 1 saturated heterocycles. The summed E-state index contributed by atoms with van der Waals surface area (Å²) in [6.45, 7) is 5.83. The van der Waals surface area contributed by atoms with Crippen LogP contribution < -0.4 is 0 Å². The van der Waals surface area contributed by atoms with Gasteiger partial charge in [0.2, 0.25) is 0 Å². The number of hydrogen-bond donors (Lipinski definition) is 1. The fourth-order valence-electron chi connectivity index (χ4n) is 1.72. The van der Waals surface area contributed by atoms with Crippen LogP contribution in [0.2, 0.25) is 0 Å². The fraction of sp³-hybridized carbons (Fsp3) is 1.00. The Kier molecular flexibility index (Phi) is 4.58. The van der Waals surface area contributed by atoms with Gasteiger partial charge in [-0.3, -0.25) is 0 Å². The third kappa shape index (κ3) is 3.52. The van der Waals surface area contributed by atoms with Crippen LogP contribution in [0.1, 0.15) is 12.8 Å². The van der Waals surface area contributed by atoms with E-state index in [-0.39, 0.29) is 0 Å². The predicted octanol–water partition coefficient (Wildman–Crippen LogP) is 0.00630. The average Bonchev–Trinajstić information content (AvgIpc) is 2.00. The summed E-state index contributed by atoms with van der Waals surface area (Å²) in [6.07, 6.45) is 2.47. The minimum absolute atomic E-state index is 0.301. The molecular formula is C9H20N2O. The Hall–Kier alpha value is -0.120. The van der Waals surface area contributed by atoms with Crippen LogP contribution in [0.4, 0.5) is 0 Å². The van der Waals surface area contributed by atoms with Gasteiger partial charge in [-0.2, -0.15) is 0 Å². The van der Waals surface area contributed by atoms with Gasteiger partial charge in [-0.05, 0) is 46.1 Å². The first-order valence-electron chi connectivity index (χ1n) is 4.84. The fourth-order valence-corrected chi connectivity index (χ4v) is 1.72. The summed E-state index contributed by atoms with van der Waals surface area (Å²) >= 11 is 0. The van der Waals surface area contributed by atoms with Gasteiger partial charge < -0.3 is 14.9 Å². The molecule has 1 aliphatic heterocycles. The monoisotopic (exact) mass is 172 g/mol. The standard InChI is InChI=1S/C9H20N2O/c1-10-4-2-6-11(8-9-12)7-3-5-10/h12H,2-9H2,1H3. The molecule has 0 unspecified atom stereocenters. The molecule has 72 valence electrons. The average molecular weight is 172 g/mol. The van der Waals surface area contributed by atoms with Crippen LogP contribution in [0.5, 0.6) is 0 Å². The van der Waals surface area contributed by atoms with E-state index in [9.17, 15) is 0 Å². The molecule has 1 N–H and O–H groups in total. The quantitative estimate of drug-likeness (QED) is 0.635. The lowest BCUT2D eigenvalue weighted by Crippen LogP contribution is -2.36. The van der Waals surface area contributed by atoms with Crippen molar-refractivity contribution in [2.75, 3.05) is 46.4 Å². The van der Waals surface area contributed by atoms with E-state index >= 15 is 0 Å². The molecule has 0 aliphatic carbocycles. The van der Waals surface area contributed by atoms with Gasteiger partial charge in [0.05, 0.1) is 6.61 Å². The van der Waals surface area contributed by atoms with Gasteiger partial charge in [-0.25, -0.2) is 0 Å². The number of aliphatic hydroxyl groups excluding tert-OH is 1. The molecule has 0 aromatic carbocycles.